The Hall–Kier alpha value is -7.06. The highest BCUT2D eigenvalue weighted by Gasteiger charge is 2.32. The van der Waals surface area contributed by atoms with Gasteiger partial charge in [0.05, 0.1) is 22.3 Å². The molecule has 7 aromatic carbocycles. The highest BCUT2D eigenvalue weighted by molar-refractivity contribution is 6.16. The Morgan fingerprint density at radius 3 is 1.18 bits per heavy atom. The zero-order chi connectivity index (χ0) is 33.9. The van der Waals surface area contributed by atoms with Crippen LogP contribution in [0, 0.1) is 0 Å². The zero-order valence-electron chi connectivity index (χ0n) is 26.0. The van der Waals surface area contributed by atoms with E-state index in [2.05, 4.69) is 0 Å². The molecule has 0 bridgehead atoms. The van der Waals surface area contributed by atoms with Gasteiger partial charge in [0, 0.05) is 11.1 Å². The van der Waals surface area contributed by atoms with E-state index in [0.717, 1.165) is 21.5 Å². The molecule has 7 aromatic rings. The van der Waals surface area contributed by atoms with Crippen LogP contribution in [-0.2, 0) is 9.47 Å². The van der Waals surface area contributed by atoms with E-state index >= 15 is 0 Å². The number of carbonyl (C=O) groups excluding carboxylic acids is 4. The van der Waals surface area contributed by atoms with Crippen LogP contribution >= 0.6 is 0 Å². The maximum absolute atomic E-state index is 12.6. The van der Waals surface area contributed by atoms with Crippen molar-refractivity contribution in [2.75, 3.05) is 0 Å². The molecule has 8 heteroatoms. The molecule has 238 valence electrons. The summed E-state index contributed by atoms with van der Waals surface area (Å²) in [6, 6.07) is 40.6. The molecular weight excluding hydrogens is 632 g/mol. The second-order valence-corrected chi connectivity index (χ2v) is 11.9. The predicted octanol–water partition coefficient (Wildman–Crippen LogP) is 9.53. The molecule has 0 aromatic heterocycles. The van der Waals surface area contributed by atoms with Crippen molar-refractivity contribution in [2.24, 2.45) is 0 Å². The van der Waals surface area contributed by atoms with Crippen molar-refractivity contribution in [1.29, 1.82) is 0 Å². The molecule has 50 heavy (non-hydrogen) atoms. The molecule has 0 saturated heterocycles. The Bertz CT molecular complexity index is 2450. The molecule has 9 rings (SSSR count). The van der Waals surface area contributed by atoms with Crippen LogP contribution in [0.4, 0.5) is 0 Å². The molecule has 0 radical (unpaired) electrons. The Kier molecular flexibility index (Phi) is 6.57. The molecule has 0 saturated carbocycles. The topological polar surface area (TPSA) is 105 Å². The van der Waals surface area contributed by atoms with Crippen molar-refractivity contribution < 1.29 is 38.1 Å². The summed E-state index contributed by atoms with van der Waals surface area (Å²) in [6.07, 6.45) is 0. The van der Waals surface area contributed by atoms with Crippen molar-refractivity contribution in [1.82, 2.24) is 0 Å². The van der Waals surface area contributed by atoms with Crippen LogP contribution in [0.3, 0.4) is 0 Å². The number of cyclic esters (lactones) is 4. The lowest BCUT2D eigenvalue weighted by atomic mass is 9.94. The lowest BCUT2D eigenvalue weighted by Gasteiger charge is -2.19. The van der Waals surface area contributed by atoms with E-state index in [-0.39, 0.29) is 22.3 Å². The van der Waals surface area contributed by atoms with Gasteiger partial charge in [-0.3, -0.25) is 0 Å². The number of esters is 4. The molecule has 0 amide bonds. The minimum absolute atomic E-state index is 0.145. The van der Waals surface area contributed by atoms with E-state index in [0.29, 0.717) is 45.3 Å². The van der Waals surface area contributed by atoms with Gasteiger partial charge in [-0.05, 0) is 93.3 Å². The molecule has 0 atom stereocenters. The summed E-state index contributed by atoms with van der Waals surface area (Å²) in [4.78, 5) is 49.7. The quantitative estimate of drug-likeness (QED) is 0.129. The van der Waals surface area contributed by atoms with Gasteiger partial charge in [0.25, 0.3) is 0 Å². The summed E-state index contributed by atoms with van der Waals surface area (Å²) in [5, 5.41) is 4.04. The average Bonchev–Trinajstić information content (AvgIpc) is 3.59. The fraction of sp³-hybridized carbons (Fsp3) is 0. The maximum Gasteiger partial charge on any atom is 0.346 e. The molecular formula is C42H22O8. The first-order valence-electron chi connectivity index (χ1n) is 15.7. The molecule has 2 aliphatic heterocycles. The summed E-state index contributed by atoms with van der Waals surface area (Å²) in [6.45, 7) is 0. The second kappa shape index (κ2) is 11.3. The minimum Gasteiger partial charge on any atom is -0.457 e. The Balaban J connectivity index is 1.26. The third-order valence-corrected chi connectivity index (χ3v) is 8.89. The largest absolute Gasteiger partial charge is 0.457 e. The van der Waals surface area contributed by atoms with Gasteiger partial charge in [-0.15, -0.1) is 0 Å². The summed E-state index contributed by atoms with van der Waals surface area (Å²) < 4.78 is 22.9. The summed E-state index contributed by atoms with van der Waals surface area (Å²) in [5.41, 5.74) is 2.92. The van der Waals surface area contributed by atoms with E-state index in [9.17, 15) is 19.2 Å². The fourth-order valence-corrected chi connectivity index (χ4v) is 6.40. The summed E-state index contributed by atoms with van der Waals surface area (Å²) in [5.74, 6) is -0.950. The smallest absolute Gasteiger partial charge is 0.346 e. The van der Waals surface area contributed by atoms with Crippen LogP contribution in [0.25, 0.3) is 43.8 Å². The van der Waals surface area contributed by atoms with Gasteiger partial charge in [-0.2, -0.15) is 0 Å². The number of hydrogen-bond acceptors (Lipinski definition) is 8. The Morgan fingerprint density at radius 1 is 0.340 bits per heavy atom. The van der Waals surface area contributed by atoms with E-state index in [1.165, 1.54) is 0 Å². The monoisotopic (exact) mass is 654 g/mol. The molecule has 0 spiro atoms. The maximum atomic E-state index is 12.6. The van der Waals surface area contributed by atoms with Crippen molar-refractivity contribution >= 4 is 45.4 Å². The first kappa shape index (κ1) is 29.1. The van der Waals surface area contributed by atoms with Gasteiger partial charge in [0.1, 0.15) is 23.0 Å². The number of benzene rings is 7. The standard InChI is InChI=1S/C42H22O8/c43-39-31-15-11-27(19-35(31)41(45)49-39)33-22-38(48-30-14-10-24-6-2-4-8-26(24)18-30)34(28-12-16-32-36(20-28)42(46)50-40(32)44)21-37(33)47-29-13-9-23-5-1-3-7-25(23)17-29/h1-22H. The Morgan fingerprint density at radius 2 is 0.740 bits per heavy atom. The molecule has 8 nitrogen and oxygen atoms in total. The van der Waals surface area contributed by atoms with E-state index < -0.39 is 23.9 Å². The zero-order valence-corrected chi connectivity index (χ0v) is 26.0. The molecule has 2 heterocycles. The fourth-order valence-electron chi connectivity index (χ4n) is 6.40. The highest BCUT2D eigenvalue weighted by atomic mass is 16.6. The summed E-state index contributed by atoms with van der Waals surface area (Å²) >= 11 is 0. The van der Waals surface area contributed by atoms with Gasteiger partial charge in [0.15, 0.2) is 0 Å². The minimum atomic E-state index is -0.729. The summed E-state index contributed by atoms with van der Waals surface area (Å²) in [7, 11) is 0. The predicted molar refractivity (Wildman–Crippen MR) is 185 cm³/mol. The lowest BCUT2D eigenvalue weighted by Crippen LogP contribution is -1.98. The normalized spacial score (nSPS) is 13.3. The number of fused-ring (bicyclic) bond motifs is 4. The van der Waals surface area contributed by atoms with Gasteiger partial charge < -0.3 is 18.9 Å². The van der Waals surface area contributed by atoms with Crippen LogP contribution in [-0.4, -0.2) is 23.9 Å². The van der Waals surface area contributed by atoms with Gasteiger partial charge in [-0.1, -0.05) is 72.8 Å². The first-order chi connectivity index (χ1) is 24.4. The average molecular weight is 655 g/mol. The second-order valence-electron chi connectivity index (χ2n) is 11.9. The van der Waals surface area contributed by atoms with Gasteiger partial charge >= 0.3 is 23.9 Å². The first-order valence-corrected chi connectivity index (χ1v) is 15.7. The number of hydrogen-bond donors (Lipinski definition) is 0. The molecule has 0 aliphatic carbocycles. The van der Waals surface area contributed by atoms with Crippen LogP contribution in [0.1, 0.15) is 41.4 Å². The lowest BCUT2D eigenvalue weighted by molar-refractivity contribution is 0.0425. The molecule has 0 N–H and O–H groups in total. The molecule has 0 unspecified atom stereocenters. The highest BCUT2D eigenvalue weighted by Crippen LogP contribution is 2.46. The Labute approximate surface area is 284 Å². The van der Waals surface area contributed by atoms with Crippen molar-refractivity contribution in [3.05, 3.63) is 156 Å². The van der Waals surface area contributed by atoms with Crippen molar-refractivity contribution in [3.8, 4) is 45.3 Å². The van der Waals surface area contributed by atoms with E-state index in [1.807, 2.05) is 84.9 Å². The van der Waals surface area contributed by atoms with Crippen LogP contribution in [0.2, 0.25) is 0 Å². The van der Waals surface area contributed by atoms with Gasteiger partial charge in [0.2, 0.25) is 0 Å². The number of rotatable bonds is 6. The number of carbonyl (C=O) groups is 4. The van der Waals surface area contributed by atoms with Gasteiger partial charge in [-0.25, -0.2) is 19.2 Å². The van der Waals surface area contributed by atoms with Crippen molar-refractivity contribution in [2.45, 2.75) is 0 Å². The molecule has 0 fully saturated rings. The van der Waals surface area contributed by atoms with Crippen LogP contribution in [0.5, 0.6) is 23.0 Å². The van der Waals surface area contributed by atoms with E-state index in [1.54, 1.807) is 48.5 Å². The third-order valence-electron chi connectivity index (χ3n) is 8.89. The molecule has 2 aliphatic rings. The SMILES string of the molecule is O=C1OC(=O)c2cc(-c3cc(Oc4ccc5ccccc5c4)c(-c4ccc5c(c4)C(=O)OC5=O)cc3Oc3ccc4ccccc4c3)ccc21. The van der Waals surface area contributed by atoms with E-state index in [4.69, 9.17) is 18.9 Å². The number of ether oxygens (including phenoxy) is 4. The van der Waals surface area contributed by atoms with Crippen LogP contribution in [0.15, 0.2) is 133 Å². The van der Waals surface area contributed by atoms with Crippen molar-refractivity contribution in [3.63, 3.8) is 0 Å². The third kappa shape index (κ3) is 4.94. The van der Waals surface area contributed by atoms with Crippen LogP contribution < -0.4 is 9.47 Å².